The van der Waals surface area contributed by atoms with Crippen LogP contribution in [0.15, 0.2) is 6.20 Å². The van der Waals surface area contributed by atoms with Crippen LogP contribution in [0.5, 0.6) is 0 Å². The summed E-state index contributed by atoms with van der Waals surface area (Å²) in [5.41, 5.74) is 6.23. The maximum atomic E-state index is 4.30. The van der Waals surface area contributed by atoms with Gasteiger partial charge in [-0.15, -0.1) is 0 Å². The van der Waals surface area contributed by atoms with Gasteiger partial charge in [-0.3, -0.25) is 0 Å². The first-order chi connectivity index (χ1) is 9.81. The highest BCUT2D eigenvalue weighted by Gasteiger charge is 2.26. The Morgan fingerprint density at radius 2 is 2.10 bits per heavy atom. The molecule has 5 heteroatoms. The molecule has 0 atom stereocenters. The SMILES string of the molecule is CN1CCC(N2CC3=c4c(nncc4=CN2)CC3)CC1. The molecule has 1 N–H and O–H groups in total. The van der Waals surface area contributed by atoms with E-state index >= 15 is 0 Å². The first kappa shape index (κ1) is 12.3. The van der Waals surface area contributed by atoms with Gasteiger partial charge in [-0.2, -0.15) is 10.2 Å². The molecule has 1 fully saturated rings. The van der Waals surface area contributed by atoms with E-state index in [9.17, 15) is 0 Å². The molecular weight excluding hydrogens is 250 g/mol. The van der Waals surface area contributed by atoms with Crippen molar-refractivity contribution in [2.24, 2.45) is 0 Å². The van der Waals surface area contributed by atoms with Gasteiger partial charge in [0.2, 0.25) is 0 Å². The molecule has 3 aliphatic rings. The van der Waals surface area contributed by atoms with Gasteiger partial charge in [-0.05, 0) is 51.4 Å². The fourth-order valence-corrected chi connectivity index (χ4v) is 3.63. The van der Waals surface area contributed by atoms with Crippen LogP contribution in [0.25, 0.3) is 11.8 Å². The monoisotopic (exact) mass is 271 g/mol. The Morgan fingerprint density at radius 3 is 2.95 bits per heavy atom. The fourth-order valence-electron chi connectivity index (χ4n) is 3.63. The van der Waals surface area contributed by atoms with Crippen LogP contribution < -0.4 is 15.9 Å². The first-order valence-corrected chi connectivity index (χ1v) is 7.55. The van der Waals surface area contributed by atoms with Crippen LogP contribution >= 0.6 is 0 Å². The summed E-state index contributed by atoms with van der Waals surface area (Å²) in [6.45, 7) is 3.41. The smallest absolute Gasteiger partial charge is 0.0713 e. The number of hydrogen-bond acceptors (Lipinski definition) is 5. The fraction of sp³-hybridized carbons (Fsp3) is 0.600. The van der Waals surface area contributed by atoms with Gasteiger partial charge in [-0.25, -0.2) is 5.01 Å². The van der Waals surface area contributed by atoms with Gasteiger partial charge in [0.1, 0.15) is 0 Å². The predicted molar refractivity (Wildman–Crippen MR) is 77.8 cm³/mol. The van der Waals surface area contributed by atoms with Crippen molar-refractivity contribution in [1.82, 2.24) is 25.5 Å². The highest BCUT2D eigenvalue weighted by atomic mass is 15.5. The molecule has 0 saturated carbocycles. The third-order valence-electron chi connectivity index (χ3n) is 4.85. The Kier molecular flexibility index (Phi) is 2.97. The summed E-state index contributed by atoms with van der Waals surface area (Å²) < 4.78 is 0. The summed E-state index contributed by atoms with van der Waals surface area (Å²) >= 11 is 0. The molecule has 0 aromatic carbocycles. The second-order valence-electron chi connectivity index (χ2n) is 6.16. The summed E-state index contributed by atoms with van der Waals surface area (Å²) in [6.07, 6.45) is 8.67. The summed E-state index contributed by atoms with van der Waals surface area (Å²) in [6, 6.07) is 0.634. The largest absolute Gasteiger partial charge is 0.325 e. The standard InChI is InChI=1S/C15H21N5/c1-19-6-4-13(5-7-19)20-10-11-2-3-14-15(11)12(9-17-20)8-16-18-14/h8-9,13,17H,2-7,10H2,1H3. The number of nitrogens with zero attached hydrogens (tertiary/aromatic N) is 4. The van der Waals surface area contributed by atoms with Crippen molar-refractivity contribution in [2.75, 3.05) is 26.7 Å². The van der Waals surface area contributed by atoms with E-state index in [1.54, 1.807) is 0 Å². The van der Waals surface area contributed by atoms with Crippen LogP contribution in [0.3, 0.4) is 0 Å². The third-order valence-corrected chi connectivity index (χ3v) is 4.85. The van der Waals surface area contributed by atoms with Crippen molar-refractivity contribution in [3.05, 3.63) is 22.3 Å². The Labute approximate surface area is 118 Å². The van der Waals surface area contributed by atoms with Crippen molar-refractivity contribution in [3.63, 3.8) is 0 Å². The van der Waals surface area contributed by atoms with E-state index in [0.717, 1.165) is 19.4 Å². The number of rotatable bonds is 1. The highest BCUT2D eigenvalue weighted by molar-refractivity contribution is 5.54. The van der Waals surface area contributed by atoms with Crippen molar-refractivity contribution in [3.8, 4) is 0 Å². The molecule has 1 aromatic heterocycles. The van der Waals surface area contributed by atoms with Crippen LogP contribution in [0, 0.1) is 0 Å². The second kappa shape index (κ2) is 4.82. The zero-order valence-corrected chi connectivity index (χ0v) is 12.0. The lowest BCUT2D eigenvalue weighted by Crippen LogP contribution is -2.48. The molecule has 3 heterocycles. The molecule has 1 saturated heterocycles. The number of likely N-dealkylation sites (tertiary alicyclic amines) is 1. The lowest BCUT2D eigenvalue weighted by molar-refractivity contribution is 0.110. The molecule has 1 aromatic rings. The number of hydrazine groups is 1. The Morgan fingerprint density at radius 1 is 1.25 bits per heavy atom. The number of hydrogen-bond donors (Lipinski definition) is 1. The third kappa shape index (κ3) is 2.01. The molecular formula is C15H21N5. The lowest BCUT2D eigenvalue weighted by atomic mass is 10.0. The summed E-state index contributed by atoms with van der Waals surface area (Å²) in [5.74, 6) is 0. The van der Waals surface area contributed by atoms with Crippen LogP contribution in [0.1, 0.15) is 25.0 Å². The Hall–Kier alpha value is -1.46. The lowest BCUT2D eigenvalue weighted by Gasteiger charge is -2.37. The molecule has 0 unspecified atom stereocenters. The molecule has 4 rings (SSSR count). The summed E-state index contributed by atoms with van der Waals surface area (Å²) in [5, 5.41) is 13.4. The molecule has 20 heavy (non-hydrogen) atoms. The molecule has 5 nitrogen and oxygen atoms in total. The zero-order chi connectivity index (χ0) is 13.5. The minimum absolute atomic E-state index is 0.634. The van der Waals surface area contributed by atoms with Gasteiger partial charge >= 0.3 is 0 Å². The zero-order valence-electron chi connectivity index (χ0n) is 12.0. The van der Waals surface area contributed by atoms with E-state index in [2.05, 4.69) is 38.8 Å². The van der Waals surface area contributed by atoms with E-state index < -0.39 is 0 Å². The van der Waals surface area contributed by atoms with Crippen molar-refractivity contribution >= 4 is 11.8 Å². The van der Waals surface area contributed by atoms with Crippen LogP contribution in [0.4, 0.5) is 0 Å². The van der Waals surface area contributed by atoms with E-state index in [1.165, 1.54) is 47.6 Å². The minimum Gasteiger partial charge on any atom is -0.325 e. The van der Waals surface area contributed by atoms with E-state index in [-0.39, 0.29) is 0 Å². The highest BCUT2D eigenvalue weighted by Crippen LogP contribution is 2.19. The maximum Gasteiger partial charge on any atom is 0.0713 e. The summed E-state index contributed by atoms with van der Waals surface area (Å²) in [7, 11) is 2.21. The molecule has 0 spiro atoms. The summed E-state index contributed by atoms with van der Waals surface area (Å²) in [4.78, 5) is 2.42. The number of nitrogens with one attached hydrogen (secondary N) is 1. The molecule has 0 radical (unpaired) electrons. The van der Waals surface area contributed by atoms with Crippen molar-refractivity contribution in [1.29, 1.82) is 0 Å². The van der Waals surface area contributed by atoms with E-state index in [1.807, 2.05) is 6.20 Å². The van der Waals surface area contributed by atoms with Crippen LogP contribution in [0.2, 0.25) is 0 Å². The van der Waals surface area contributed by atoms with Gasteiger partial charge in [0.25, 0.3) is 0 Å². The van der Waals surface area contributed by atoms with Crippen molar-refractivity contribution in [2.45, 2.75) is 31.7 Å². The normalized spacial score (nSPS) is 23.9. The van der Waals surface area contributed by atoms with E-state index in [0.29, 0.717) is 6.04 Å². The first-order valence-electron chi connectivity index (χ1n) is 7.55. The topological polar surface area (TPSA) is 44.3 Å². The molecule has 0 amide bonds. The van der Waals surface area contributed by atoms with Gasteiger partial charge < -0.3 is 10.3 Å². The minimum atomic E-state index is 0.634. The maximum absolute atomic E-state index is 4.30. The van der Waals surface area contributed by atoms with Gasteiger partial charge in [0.15, 0.2) is 0 Å². The number of aromatic nitrogens is 2. The van der Waals surface area contributed by atoms with Crippen molar-refractivity contribution < 1.29 is 0 Å². The quantitative estimate of drug-likeness (QED) is 0.726. The predicted octanol–water partition coefficient (Wildman–Crippen LogP) is -0.774. The number of piperidine rings is 1. The second-order valence-corrected chi connectivity index (χ2v) is 6.16. The molecule has 1 aliphatic carbocycles. The Bertz CT molecular complexity index is 630. The molecule has 106 valence electrons. The van der Waals surface area contributed by atoms with Crippen LogP contribution in [-0.2, 0) is 6.42 Å². The van der Waals surface area contributed by atoms with E-state index in [4.69, 9.17) is 0 Å². The molecule has 0 bridgehead atoms. The molecule has 2 aliphatic heterocycles. The van der Waals surface area contributed by atoms with Crippen LogP contribution in [-0.4, -0.2) is 52.8 Å². The van der Waals surface area contributed by atoms with Gasteiger partial charge in [-0.1, -0.05) is 0 Å². The average Bonchev–Trinajstić information content (AvgIpc) is 2.78. The average molecular weight is 271 g/mol. The van der Waals surface area contributed by atoms with Gasteiger partial charge in [0, 0.05) is 29.2 Å². The number of aryl methyl sites for hydroxylation is 1. The Balaban J connectivity index is 1.65. The van der Waals surface area contributed by atoms with Gasteiger partial charge in [0.05, 0.1) is 11.9 Å².